The van der Waals surface area contributed by atoms with E-state index in [0.29, 0.717) is 0 Å². The third-order valence-electron chi connectivity index (χ3n) is 6.14. The molecule has 1 fully saturated rings. The van der Waals surface area contributed by atoms with E-state index in [2.05, 4.69) is 41.5 Å². The highest BCUT2D eigenvalue weighted by atomic mass is 16.5. The fourth-order valence-electron chi connectivity index (χ4n) is 4.57. The molecule has 0 radical (unpaired) electrons. The summed E-state index contributed by atoms with van der Waals surface area (Å²) in [5, 5.41) is 14.1. The molecule has 0 bridgehead atoms. The van der Waals surface area contributed by atoms with Crippen LogP contribution in [0.4, 0.5) is 0 Å². The van der Waals surface area contributed by atoms with Gasteiger partial charge in [0.2, 0.25) is 0 Å². The molecule has 0 N–H and O–H groups in total. The summed E-state index contributed by atoms with van der Waals surface area (Å²) < 4.78 is 8.22. The zero-order valence-corrected chi connectivity index (χ0v) is 18.0. The highest BCUT2D eigenvalue weighted by Crippen LogP contribution is 2.49. The average molecular weight is 413 g/mol. The molecule has 1 unspecified atom stereocenters. The Bertz CT molecular complexity index is 1080. The summed E-state index contributed by atoms with van der Waals surface area (Å²) in [7, 11) is 0. The molecule has 4 rings (SSSR count). The minimum atomic E-state index is -0.486. The number of likely N-dealkylation sites (tertiary alicyclic amines) is 1. The smallest absolute Gasteiger partial charge is 0.170 e. The van der Waals surface area contributed by atoms with Crippen molar-refractivity contribution in [3.8, 4) is 6.07 Å². The van der Waals surface area contributed by atoms with Crippen LogP contribution in [0.2, 0.25) is 0 Å². The Morgan fingerprint density at radius 2 is 2.16 bits per heavy atom. The maximum absolute atomic E-state index is 9.59. The van der Waals surface area contributed by atoms with Crippen molar-refractivity contribution in [3.05, 3.63) is 90.3 Å². The summed E-state index contributed by atoms with van der Waals surface area (Å²) >= 11 is 0. The van der Waals surface area contributed by atoms with Crippen LogP contribution in [0, 0.1) is 11.3 Å². The normalized spacial score (nSPS) is 20.6. The number of nitrogens with zero attached hydrogens (tertiary/aromatic N) is 4. The van der Waals surface area contributed by atoms with Crippen molar-refractivity contribution >= 4 is 11.8 Å². The summed E-state index contributed by atoms with van der Waals surface area (Å²) in [5.41, 5.74) is 5.02. The molecule has 5 heteroatoms. The fourth-order valence-corrected chi connectivity index (χ4v) is 4.57. The van der Waals surface area contributed by atoms with Crippen LogP contribution < -0.4 is 0 Å². The van der Waals surface area contributed by atoms with Crippen molar-refractivity contribution in [1.29, 1.82) is 5.26 Å². The van der Waals surface area contributed by atoms with Gasteiger partial charge in [0, 0.05) is 37.0 Å². The summed E-state index contributed by atoms with van der Waals surface area (Å²) in [5.74, 6) is 0. The van der Waals surface area contributed by atoms with E-state index >= 15 is 0 Å². The lowest BCUT2D eigenvalue weighted by molar-refractivity contribution is -0.0933. The molecule has 5 nitrogen and oxygen atoms in total. The fraction of sp³-hybridized carbons (Fsp3) is 0.308. The Hall–Kier alpha value is -3.20. The molecule has 3 heterocycles. The van der Waals surface area contributed by atoms with Gasteiger partial charge in [-0.15, -0.1) is 0 Å². The second-order valence-corrected chi connectivity index (χ2v) is 8.07. The maximum Gasteiger partial charge on any atom is 0.170 e. The second-order valence-electron chi connectivity index (χ2n) is 8.07. The van der Waals surface area contributed by atoms with Crippen molar-refractivity contribution in [2.45, 2.75) is 38.0 Å². The number of hydrogen-bond donors (Lipinski definition) is 0. The van der Waals surface area contributed by atoms with Crippen LogP contribution in [-0.2, 0) is 16.9 Å². The third-order valence-corrected chi connectivity index (χ3v) is 6.14. The molecule has 158 valence electrons. The van der Waals surface area contributed by atoms with E-state index in [1.807, 2.05) is 54.2 Å². The van der Waals surface area contributed by atoms with Gasteiger partial charge in [0.05, 0.1) is 23.6 Å². The first-order chi connectivity index (χ1) is 15.1. The lowest BCUT2D eigenvalue weighted by Crippen LogP contribution is -2.42. The number of nitriles is 1. The molecule has 1 saturated heterocycles. The monoisotopic (exact) mass is 412 g/mol. The Balaban J connectivity index is 1.47. The van der Waals surface area contributed by atoms with E-state index in [0.717, 1.165) is 54.9 Å². The minimum absolute atomic E-state index is 0.374. The Kier molecular flexibility index (Phi) is 6.03. The number of fused-ring (bicyclic) bond motifs is 2. The topological polar surface area (TPSA) is 54.1 Å². The van der Waals surface area contributed by atoms with E-state index < -0.39 is 6.10 Å². The van der Waals surface area contributed by atoms with Gasteiger partial charge in [-0.1, -0.05) is 43.5 Å². The molecule has 2 aliphatic rings. The maximum atomic E-state index is 9.59. The van der Waals surface area contributed by atoms with Crippen LogP contribution in [0.25, 0.3) is 11.8 Å². The van der Waals surface area contributed by atoms with E-state index in [1.54, 1.807) is 6.08 Å². The largest absolute Gasteiger partial charge is 0.347 e. The number of allylic oxidation sites excluding steroid dienone is 5. The van der Waals surface area contributed by atoms with Gasteiger partial charge in [0.1, 0.15) is 0 Å². The van der Waals surface area contributed by atoms with Gasteiger partial charge in [-0.2, -0.15) is 10.4 Å². The molecule has 1 aromatic carbocycles. The molecule has 0 saturated carbocycles. The summed E-state index contributed by atoms with van der Waals surface area (Å²) in [4.78, 5) is 2.43. The zero-order chi connectivity index (χ0) is 21.8. The number of benzene rings is 1. The first-order valence-electron chi connectivity index (χ1n) is 10.7. The number of aromatic nitrogens is 2. The van der Waals surface area contributed by atoms with Crippen molar-refractivity contribution in [2.75, 3.05) is 13.1 Å². The highest BCUT2D eigenvalue weighted by Gasteiger charge is 2.46. The van der Waals surface area contributed by atoms with Crippen LogP contribution in [0.1, 0.15) is 48.1 Å². The standard InChI is InChI=1S/C26H28N4O/c1-4-7-22(8-5-2)30-19-21(17-28-30)18-29-13-11-26(12-14-29)24-15-20(6-3)9-10-23(24)25(16-27)31-26/h4-10,15,17,19,25H,1,3,11-14,18H2,2H3/b8-5-,22-7+. The van der Waals surface area contributed by atoms with Crippen LogP contribution in [0.3, 0.4) is 0 Å². The Labute approximate surface area is 184 Å². The molecule has 1 aromatic heterocycles. The van der Waals surface area contributed by atoms with Gasteiger partial charge in [-0.25, -0.2) is 4.68 Å². The lowest BCUT2D eigenvalue weighted by Gasteiger charge is -2.39. The summed E-state index contributed by atoms with van der Waals surface area (Å²) in [6.07, 6.45) is 14.8. The summed E-state index contributed by atoms with van der Waals surface area (Å²) in [6, 6.07) is 8.50. The Morgan fingerprint density at radius 3 is 2.84 bits per heavy atom. The number of hydrogen-bond acceptors (Lipinski definition) is 4. The van der Waals surface area contributed by atoms with E-state index in [-0.39, 0.29) is 5.60 Å². The molecule has 1 spiro atoms. The quantitative estimate of drug-likeness (QED) is 0.611. The number of rotatable bonds is 6. The van der Waals surface area contributed by atoms with E-state index in [9.17, 15) is 5.26 Å². The van der Waals surface area contributed by atoms with Crippen molar-refractivity contribution in [3.63, 3.8) is 0 Å². The SMILES string of the molecule is C=C/C=C(\C=C/C)n1cc(CN2CCC3(CC2)OC(C#N)c2ccc(C=C)cc23)cn1. The van der Waals surface area contributed by atoms with Gasteiger partial charge in [0.15, 0.2) is 6.10 Å². The number of piperidine rings is 1. The van der Waals surface area contributed by atoms with Gasteiger partial charge in [0.25, 0.3) is 0 Å². The molecule has 2 aliphatic heterocycles. The van der Waals surface area contributed by atoms with Gasteiger partial charge in [-0.05, 0) is 49.1 Å². The van der Waals surface area contributed by atoms with Crippen LogP contribution in [-0.4, -0.2) is 27.8 Å². The molecular formula is C26H28N4O. The average Bonchev–Trinajstić information content (AvgIpc) is 3.38. The first kappa shape index (κ1) is 21.0. The van der Waals surface area contributed by atoms with Gasteiger partial charge >= 0.3 is 0 Å². The molecule has 0 aliphatic carbocycles. The predicted molar refractivity (Wildman–Crippen MR) is 124 cm³/mol. The Morgan fingerprint density at radius 1 is 1.35 bits per heavy atom. The van der Waals surface area contributed by atoms with Crippen molar-refractivity contribution in [1.82, 2.24) is 14.7 Å². The van der Waals surface area contributed by atoms with Crippen molar-refractivity contribution < 1.29 is 4.74 Å². The molecule has 2 aromatic rings. The van der Waals surface area contributed by atoms with Crippen LogP contribution >= 0.6 is 0 Å². The van der Waals surface area contributed by atoms with Gasteiger partial charge in [-0.3, -0.25) is 4.90 Å². The minimum Gasteiger partial charge on any atom is -0.347 e. The second kappa shape index (κ2) is 8.89. The van der Waals surface area contributed by atoms with Gasteiger partial charge < -0.3 is 4.74 Å². The molecule has 0 amide bonds. The highest BCUT2D eigenvalue weighted by molar-refractivity contribution is 5.58. The third kappa shape index (κ3) is 4.05. The first-order valence-corrected chi connectivity index (χ1v) is 10.7. The zero-order valence-electron chi connectivity index (χ0n) is 18.0. The van der Waals surface area contributed by atoms with E-state index in [4.69, 9.17) is 4.74 Å². The van der Waals surface area contributed by atoms with E-state index in [1.165, 1.54) is 5.56 Å². The molecular weight excluding hydrogens is 384 g/mol. The summed E-state index contributed by atoms with van der Waals surface area (Å²) in [6.45, 7) is 12.3. The predicted octanol–water partition coefficient (Wildman–Crippen LogP) is 5.22. The van der Waals surface area contributed by atoms with Crippen molar-refractivity contribution in [2.24, 2.45) is 0 Å². The lowest BCUT2D eigenvalue weighted by atomic mass is 9.82. The van der Waals surface area contributed by atoms with Crippen LogP contribution in [0.5, 0.6) is 0 Å². The molecule has 31 heavy (non-hydrogen) atoms. The van der Waals surface area contributed by atoms with Crippen LogP contribution in [0.15, 0.2) is 68.1 Å². The number of ether oxygens (including phenoxy) is 1. The molecule has 1 atom stereocenters.